The van der Waals surface area contributed by atoms with Crippen molar-refractivity contribution in [2.75, 3.05) is 37.7 Å². The van der Waals surface area contributed by atoms with E-state index >= 15 is 0 Å². The highest BCUT2D eigenvalue weighted by Gasteiger charge is 2.49. The van der Waals surface area contributed by atoms with Gasteiger partial charge in [0.25, 0.3) is 5.56 Å². The number of phenols is 1. The number of phenolic OH excluding ortho intramolecular Hbond substituents is 1. The van der Waals surface area contributed by atoms with Crippen LogP contribution in [0.3, 0.4) is 0 Å². The number of rotatable bonds is 6. The third-order valence-electron chi connectivity index (χ3n) is 9.85. The lowest BCUT2D eigenvalue weighted by molar-refractivity contribution is 0.110. The number of aromatic nitrogens is 3. The van der Waals surface area contributed by atoms with Gasteiger partial charge in [-0.3, -0.25) is 9.69 Å². The van der Waals surface area contributed by atoms with Crippen molar-refractivity contribution in [3.05, 3.63) is 58.5 Å². The van der Waals surface area contributed by atoms with Crippen molar-refractivity contribution >= 4 is 27.4 Å². The number of alkyl halides is 1. The van der Waals surface area contributed by atoms with E-state index in [2.05, 4.69) is 27.1 Å². The highest BCUT2D eigenvalue weighted by molar-refractivity contribution is 5.96. The zero-order chi connectivity index (χ0) is 28.6. The SMILES string of the molecule is CCc1cccc2cc(O)cc(-n3ncc4c(N5CC6CC(C5)N6)nc(OC[C@]56CCCN5C[C@@H](F)C6)cc4c3=O)c12. The molecular formula is C32H35FN6O3. The number of benzene rings is 2. The fourth-order valence-corrected chi connectivity index (χ4v) is 7.86. The predicted octanol–water partition coefficient (Wildman–Crippen LogP) is 3.71. The van der Waals surface area contributed by atoms with Crippen molar-refractivity contribution in [3.63, 3.8) is 0 Å². The van der Waals surface area contributed by atoms with Gasteiger partial charge in [0, 0.05) is 55.7 Å². The van der Waals surface area contributed by atoms with Crippen LogP contribution < -0.4 is 20.5 Å². The van der Waals surface area contributed by atoms with Crippen LogP contribution in [0.1, 0.15) is 38.2 Å². The summed E-state index contributed by atoms with van der Waals surface area (Å²) in [4.78, 5) is 23.7. The van der Waals surface area contributed by atoms with Crippen molar-refractivity contribution < 1.29 is 14.2 Å². The van der Waals surface area contributed by atoms with Gasteiger partial charge in [-0.25, -0.2) is 4.39 Å². The van der Waals surface area contributed by atoms with E-state index in [9.17, 15) is 14.3 Å². The summed E-state index contributed by atoms with van der Waals surface area (Å²) in [5.74, 6) is 1.14. The van der Waals surface area contributed by atoms with Gasteiger partial charge in [-0.05, 0) is 49.2 Å². The first-order chi connectivity index (χ1) is 20.4. The average Bonchev–Trinajstić information content (AvgIpc) is 3.50. The number of fused-ring (bicyclic) bond motifs is 5. The number of nitrogens with one attached hydrogen (secondary N) is 1. The Morgan fingerprint density at radius 1 is 1.17 bits per heavy atom. The molecule has 2 N–H and O–H groups in total. The van der Waals surface area contributed by atoms with Crippen LogP contribution in [0.4, 0.5) is 10.2 Å². The number of hydrogen-bond donors (Lipinski definition) is 2. The molecule has 0 spiro atoms. The van der Waals surface area contributed by atoms with E-state index in [4.69, 9.17) is 9.72 Å². The van der Waals surface area contributed by atoms with Gasteiger partial charge in [0.15, 0.2) is 0 Å². The van der Waals surface area contributed by atoms with Gasteiger partial charge in [0.2, 0.25) is 5.88 Å². The molecule has 2 aromatic heterocycles. The third kappa shape index (κ3) is 4.06. The lowest BCUT2D eigenvalue weighted by Crippen LogP contribution is -2.67. The van der Waals surface area contributed by atoms with Crippen LogP contribution in [0.5, 0.6) is 11.6 Å². The summed E-state index contributed by atoms with van der Waals surface area (Å²) in [5, 5.41) is 21.7. The van der Waals surface area contributed by atoms with E-state index in [1.165, 1.54) is 4.68 Å². The number of piperidine rings is 1. The summed E-state index contributed by atoms with van der Waals surface area (Å²) >= 11 is 0. The molecule has 10 heteroatoms. The van der Waals surface area contributed by atoms with Crippen LogP contribution in [0.15, 0.2) is 47.4 Å². The maximum atomic E-state index is 14.4. The number of halogens is 1. The average molecular weight is 571 g/mol. The van der Waals surface area contributed by atoms with Gasteiger partial charge in [-0.2, -0.15) is 14.8 Å². The van der Waals surface area contributed by atoms with Crippen molar-refractivity contribution in [2.45, 2.75) is 62.8 Å². The lowest BCUT2D eigenvalue weighted by Gasteiger charge is -2.48. The standard InChI is InChI=1S/C32H35FN6O3/c1-2-19-5-3-6-20-9-24(40)11-27(29(19)20)39-31(41)25-12-28(42-18-32-7-4-8-38(32)15-21(33)13-32)36-30(26(25)14-34-39)37-16-22-10-23(17-37)35-22/h3,5-6,9,11-12,14,21-23,35,40H,2,4,7-8,10,13,15-18H2,1H3/t21-,22?,23?,32+/m0/s1. The minimum Gasteiger partial charge on any atom is -0.508 e. The molecule has 7 heterocycles. The molecule has 5 aliphatic rings. The lowest BCUT2D eigenvalue weighted by atomic mass is 9.91. The van der Waals surface area contributed by atoms with Crippen molar-refractivity contribution in [1.82, 2.24) is 25.0 Å². The van der Waals surface area contributed by atoms with E-state index in [0.29, 0.717) is 59.8 Å². The van der Waals surface area contributed by atoms with Gasteiger partial charge < -0.3 is 20.1 Å². The number of anilines is 1. The molecule has 2 aromatic carbocycles. The summed E-state index contributed by atoms with van der Waals surface area (Å²) < 4.78 is 22.2. The molecule has 0 amide bonds. The number of hydrogen-bond acceptors (Lipinski definition) is 8. The topological polar surface area (TPSA) is 95.8 Å². The second-order valence-corrected chi connectivity index (χ2v) is 12.5. The fraction of sp³-hybridized carbons (Fsp3) is 0.469. The summed E-state index contributed by atoms with van der Waals surface area (Å²) in [6, 6.07) is 11.8. The van der Waals surface area contributed by atoms with Gasteiger partial charge in [-0.1, -0.05) is 25.1 Å². The highest BCUT2D eigenvalue weighted by atomic mass is 19.1. The monoisotopic (exact) mass is 570 g/mol. The number of aromatic hydroxyl groups is 1. The van der Waals surface area contributed by atoms with Crippen LogP contribution in [0.2, 0.25) is 0 Å². The van der Waals surface area contributed by atoms with Gasteiger partial charge in [0.1, 0.15) is 24.3 Å². The van der Waals surface area contributed by atoms with E-state index in [-0.39, 0.29) is 16.8 Å². The molecule has 0 saturated carbocycles. The molecule has 4 aromatic rings. The first-order valence-corrected chi connectivity index (χ1v) is 15.1. The molecule has 9 rings (SSSR count). The predicted molar refractivity (Wildman–Crippen MR) is 160 cm³/mol. The molecule has 9 nitrogen and oxygen atoms in total. The minimum atomic E-state index is -0.843. The summed E-state index contributed by atoms with van der Waals surface area (Å²) in [7, 11) is 0. The molecule has 4 atom stereocenters. The Labute approximate surface area is 242 Å². The molecular weight excluding hydrogens is 535 g/mol. The Balaban J connectivity index is 1.26. The Morgan fingerprint density at radius 3 is 2.81 bits per heavy atom. The summed E-state index contributed by atoms with van der Waals surface area (Å²) in [5.41, 5.74) is 0.991. The Kier molecular flexibility index (Phi) is 5.95. The Bertz CT molecular complexity index is 1760. The van der Waals surface area contributed by atoms with E-state index in [1.54, 1.807) is 24.4 Å². The van der Waals surface area contributed by atoms with Crippen LogP contribution in [-0.2, 0) is 6.42 Å². The zero-order valence-corrected chi connectivity index (χ0v) is 23.7. The summed E-state index contributed by atoms with van der Waals surface area (Å²) in [6.45, 7) is 5.35. The van der Waals surface area contributed by atoms with E-state index < -0.39 is 6.17 Å². The molecule has 0 radical (unpaired) electrons. The van der Waals surface area contributed by atoms with E-state index in [1.807, 2.05) is 18.2 Å². The second kappa shape index (κ2) is 9.64. The number of aryl methyl sites for hydroxylation is 1. The first-order valence-electron chi connectivity index (χ1n) is 15.1. The van der Waals surface area contributed by atoms with Crippen molar-refractivity contribution in [2.24, 2.45) is 0 Å². The largest absolute Gasteiger partial charge is 0.508 e. The first kappa shape index (κ1) is 25.9. The van der Waals surface area contributed by atoms with Crippen LogP contribution in [0.25, 0.3) is 27.2 Å². The van der Waals surface area contributed by atoms with Crippen LogP contribution in [-0.4, -0.2) is 81.4 Å². The van der Waals surface area contributed by atoms with Crippen molar-refractivity contribution in [3.8, 4) is 17.3 Å². The van der Waals surface area contributed by atoms with Gasteiger partial charge >= 0.3 is 0 Å². The number of nitrogens with zero attached hydrogens (tertiary/aromatic N) is 5. The number of ether oxygens (including phenoxy) is 1. The molecule has 5 fully saturated rings. The zero-order valence-electron chi connectivity index (χ0n) is 23.7. The Hall–Kier alpha value is -3.76. The van der Waals surface area contributed by atoms with E-state index in [0.717, 1.165) is 61.7 Å². The molecule has 5 aliphatic heterocycles. The quantitative estimate of drug-likeness (QED) is 0.362. The highest BCUT2D eigenvalue weighted by Crippen LogP contribution is 2.41. The maximum Gasteiger partial charge on any atom is 0.279 e. The maximum absolute atomic E-state index is 14.4. The molecule has 2 bridgehead atoms. The fourth-order valence-electron chi connectivity index (χ4n) is 7.86. The van der Waals surface area contributed by atoms with Crippen LogP contribution in [0, 0.1) is 0 Å². The molecule has 218 valence electrons. The van der Waals surface area contributed by atoms with Crippen LogP contribution >= 0.6 is 0 Å². The molecule has 0 aliphatic carbocycles. The smallest absolute Gasteiger partial charge is 0.279 e. The van der Waals surface area contributed by atoms with Gasteiger partial charge in [0.05, 0.1) is 28.2 Å². The molecule has 5 saturated heterocycles. The molecule has 2 unspecified atom stereocenters. The second-order valence-electron chi connectivity index (χ2n) is 12.5. The Morgan fingerprint density at radius 2 is 2.00 bits per heavy atom. The number of piperazine rings is 1. The minimum absolute atomic E-state index is 0.0714. The van der Waals surface area contributed by atoms with Crippen molar-refractivity contribution in [1.29, 1.82) is 0 Å². The van der Waals surface area contributed by atoms with Gasteiger partial charge in [-0.15, -0.1) is 0 Å². The normalized spacial score (nSPS) is 27.0. The molecule has 42 heavy (non-hydrogen) atoms. The summed E-state index contributed by atoms with van der Waals surface area (Å²) in [6.07, 6.45) is 5.18. The number of pyridine rings is 1. The third-order valence-corrected chi connectivity index (χ3v) is 9.85.